The van der Waals surface area contributed by atoms with Gasteiger partial charge >= 0.3 is 11.9 Å². The van der Waals surface area contributed by atoms with Gasteiger partial charge in [-0.1, -0.05) is 0 Å². The second-order valence-electron chi connectivity index (χ2n) is 3.05. The van der Waals surface area contributed by atoms with E-state index in [4.69, 9.17) is 14.9 Å². The first-order valence-corrected chi connectivity index (χ1v) is 4.80. The van der Waals surface area contributed by atoms with Crippen LogP contribution in [0.5, 0.6) is 0 Å². The monoisotopic (exact) mass is 234 g/mol. The summed E-state index contributed by atoms with van der Waals surface area (Å²) in [5.41, 5.74) is 0. The molecule has 0 aliphatic heterocycles. The number of ether oxygens (including phenoxy) is 1. The number of carbonyl (C=O) groups is 2. The van der Waals surface area contributed by atoms with Crippen molar-refractivity contribution in [3.05, 3.63) is 11.2 Å². The lowest BCUT2D eigenvalue weighted by atomic mass is 10.0. The zero-order chi connectivity index (χ0) is 11.8. The first-order chi connectivity index (χ1) is 6.93. The Morgan fingerprint density at radius 3 is 2.47 bits per heavy atom. The van der Waals surface area contributed by atoms with Gasteiger partial charge in [0.25, 0.3) is 0 Å². The van der Waals surface area contributed by atoms with Gasteiger partial charge in [0.2, 0.25) is 0 Å². The molecule has 0 saturated heterocycles. The quantitative estimate of drug-likeness (QED) is 0.352. The van der Waals surface area contributed by atoms with Crippen LogP contribution in [0.4, 0.5) is 0 Å². The highest BCUT2D eigenvalue weighted by atomic mass is 32.1. The number of rotatable bonds is 7. The SMILES string of the molecule is CC(S)=COCCC(CC(=O)O)C(=O)O. The summed E-state index contributed by atoms with van der Waals surface area (Å²) in [6.07, 6.45) is 1.17. The van der Waals surface area contributed by atoms with Crippen molar-refractivity contribution in [1.82, 2.24) is 0 Å². The van der Waals surface area contributed by atoms with Crippen molar-refractivity contribution in [3.63, 3.8) is 0 Å². The van der Waals surface area contributed by atoms with Crippen molar-refractivity contribution < 1.29 is 24.5 Å². The van der Waals surface area contributed by atoms with Crippen LogP contribution in [0.15, 0.2) is 11.2 Å². The predicted molar refractivity (Wildman–Crippen MR) is 56.7 cm³/mol. The van der Waals surface area contributed by atoms with Crippen LogP contribution >= 0.6 is 12.6 Å². The number of allylic oxidation sites excluding steroid dienone is 1. The van der Waals surface area contributed by atoms with Gasteiger partial charge in [-0.3, -0.25) is 9.59 Å². The van der Waals surface area contributed by atoms with E-state index in [0.717, 1.165) is 0 Å². The molecule has 15 heavy (non-hydrogen) atoms. The fraction of sp³-hybridized carbons (Fsp3) is 0.556. The van der Waals surface area contributed by atoms with E-state index in [1.165, 1.54) is 6.26 Å². The molecule has 0 aliphatic carbocycles. The van der Waals surface area contributed by atoms with E-state index in [9.17, 15) is 9.59 Å². The lowest BCUT2D eigenvalue weighted by molar-refractivity contribution is -0.148. The van der Waals surface area contributed by atoms with Gasteiger partial charge in [0, 0.05) is 4.91 Å². The summed E-state index contributed by atoms with van der Waals surface area (Å²) in [7, 11) is 0. The van der Waals surface area contributed by atoms with Crippen molar-refractivity contribution in [2.75, 3.05) is 6.61 Å². The van der Waals surface area contributed by atoms with Crippen molar-refractivity contribution >= 4 is 24.6 Å². The third-order valence-electron chi connectivity index (χ3n) is 1.61. The maximum atomic E-state index is 10.6. The molecule has 86 valence electrons. The van der Waals surface area contributed by atoms with Gasteiger partial charge in [-0.05, 0) is 13.3 Å². The predicted octanol–water partition coefficient (Wildman–Crippen LogP) is 1.36. The van der Waals surface area contributed by atoms with Crippen LogP contribution in [0.3, 0.4) is 0 Å². The van der Waals surface area contributed by atoms with E-state index in [-0.39, 0.29) is 19.4 Å². The number of hydrogen-bond acceptors (Lipinski definition) is 4. The summed E-state index contributed by atoms with van der Waals surface area (Å²) >= 11 is 3.94. The molecule has 0 bridgehead atoms. The van der Waals surface area contributed by atoms with Gasteiger partial charge < -0.3 is 14.9 Å². The lowest BCUT2D eigenvalue weighted by Crippen LogP contribution is -2.19. The molecule has 0 fully saturated rings. The Morgan fingerprint density at radius 1 is 1.47 bits per heavy atom. The maximum Gasteiger partial charge on any atom is 0.307 e. The second-order valence-corrected chi connectivity index (χ2v) is 3.76. The molecule has 0 radical (unpaired) electrons. The fourth-order valence-corrected chi connectivity index (χ4v) is 0.988. The van der Waals surface area contributed by atoms with E-state index < -0.39 is 17.9 Å². The van der Waals surface area contributed by atoms with Crippen molar-refractivity contribution in [2.24, 2.45) is 5.92 Å². The van der Waals surface area contributed by atoms with Gasteiger partial charge in [-0.2, -0.15) is 0 Å². The Bertz CT molecular complexity index is 257. The zero-order valence-corrected chi connectivity index (χ0v) is 9.24. The largest absolute Gasteiger partial charge is 0.500 e. The van der Waals surface area contributed by atoms with Gasteiger partial charge in [-0.25, -0.2) is 0 Å². The molecule has 0 aromatic heterocycles. The summed E-state index contributed by atoms with van der Waals surface area (Å²) in [5, 5.41) is 17.1. The fourth-order valence-electron chi connectivity index (χ4n) is 0.913. The minimum Gasteiger partial charge on any atom is -0.500 e. The summed E-state index contributed by atoms with van der Waals surface area (Å²) in [6, 6.07) is 0. The van der Waals surface area contributed by atoms with Gasteiger partial charge in [0.05, 0.1) is 25.2 Å². The number of hydrogen-bond donors (Lipinski definition) is 3. The first-order valence-electron chi connectivity index (χ1n) is 4.35. The molecule has 0 aromatic rings. The standard InChI is InChI=1S/C9H14O5S/c1-6(15)5-14-3-2-7(9(12)13)4-8(10)11/h5,7,15H,2-4H2,1H3,(H,10,11)(H,12,13). The average molecular weight is 234 g/mol. The summed E-state index contributed by atoms with van der Waals surface area (Å²) in [4.78, 5) is 21.6. The summed E-state index contributed by atoms with van der Waals surface area (Å²) < 4.78 is 4.96. The third kappa shape index (κ3) is 7.87. The highest BCUT2D eigenvalue weighted by molar-refractivity contribution is 7.84. The van der Waals surface area contributed by atoms with Crippen LogP contribution in [-0.2, 0) is 14.3 Å². The van der Waals surface area contributed by atoms with Crippen LogP contribution in [0, 0.1) is 5.92 Å². The van der Waals surface area contributed by atoms with Crippen LogP contribution in [0.2, 0.25) is 0 Å². The van der Waals surface area contributed by atoms with Gasteiger partial charge in [0.1, 0.15) is 0 Å². The van der Waals surface area contributed by atoms with Crippen LogP contribution in [-0.4, -0.2) is 28.8 Å². The molecule has 2 N–H and O–H groups in total. The molecule has 0 saturated carbocycles. The number of carboxylic acid groups (broad SMARTS) is 2. The second kappa shape index (κ2) is 7.17. The molecule has 0 aliphatic rings. The van der Waals surface area contributed by atoms with Crippen LogP contribution < -0.4 is 0 Å². The van der Waals surface area contributed by atoms with Gasteiger partial charge in [-0.15, -0.1) is 12.6 Å². The van der Waals surface area contributed by atoms with E-state index in [2.05, 4.69) is 12.6 Å². The Kier molecular flexibility index (Phi) is 6.61. The highest BCUT2D eigenvalue weighted by Gasteiger charge is 2.20. The van der Waals surface area contributed by atoms with Crippen LogP contribution in [0.1, 0.15) is 19.8 Å². The molecule has 5 nitrogen and oxygen atoms in total. The van der Waals surface area contributed by atoms with E-state index in [0.29, 0.717) is 4.91 Å². The molecular weight excluding hydrogens is 220 g/mol. The normalized spacial score (nSPS) is 13.3. The Hall–Kier alpha value is -1.17. The molecule has 0 amide bonds. The Morgan fingerprint density at radius 2 is 2.07 bits per heavy atom. The molecule has 0 heterocycles. The Labute approximate surface area is 93.1 Å². The minimum atomic E-state index is -1.12. The molecule has 1 unspecified atom stereocenters. The molecular formula is C9H14O5S. The number of carboxylic acids is 2. The maximum absolute atomic E-state index is 10.6. The topological polar surface area (TPSA) is 83.8 Å². The van der Waals surface area contributed by atoms with Gasteiger partial charge in [0.15, 0.2) is 0 Å². The smallest absolute Gasteiger partial charge is 0.307 e. The first kappa shape index (κ1) is 13.8. The Balaban J connectivity index is 3.92. The highest BCUT2D eigenvalue weighted by Crippen LogP contribution is 2.09. The van der Waals surface area contributed by atoms with Crippen LogP contribution in [0.25, 0.3) is 0 Å². The molecule has 6 heteroatoms. The number of thiol groups is 1. The summed E-state index contributed by atoms with van der Waals surface area (Å²) in [6.45, 7) is 1.89. The number of aliphatic carboxylic acids is 2. The zero-order valence-electron chi connectivity index (χ0n) is 8.34. The summed E-state index contributed by atoms with van der Waals surface area (Å²) in [5.74, 6) is -3.15. The minimum absolute atomic E-state index is 0.166. The van der Waals surface area contributed by atoms with Crippen molar-refractivity contribution in [3.8, 4) is 0 Å². The molecule has 0 spiro atoms. The lowest BCUT2D eigenvalue weighted by Gasteiger charge is -2.08. The van der Waals surface area contributed by atoms with Crippen molar-refractivity contribution in [1.29, 1.82) is 0 Å². The van der Waals surface area contributed by atoms with Crippen molar-refractivity contribution in [2.45, 2.75) is 19.8 Å². The molecule has 0 aromatic carbocycles. The third-order valence-corrected chi connectivity index (χ3v) is 1.71. The van der Waals surface area contributed by atoms with E-state index >= 15 is 0 Å². The average Bonchev–Trinajstić information content (AvgIpc) is 2.08. The van der Waals surface area contributed by atoms with E-state index in [1.807, 2.05) is 0 Å². The molecule has 0 rings (SSSR count). The van der Waals surface area contributed by atoms with E-state index in [1.54, 1.807) is 6.92 Å². The molecule has 1 atom stereocenters.